The molecular formula is C39H24N4. The summed E-state index contributed by atoms with van der Waals surface area (Å²) < 4.78 is 7.12. The first-order chi connectivity index (χ1) is 21.4. The molecule has 0 atom stereocenters. The summed E-state index contributed by atoms with van der Waals surface area (Å²) in [5.74, 6) is 0. The van der Waals surface area contributed by atoms with E-state index >= 15 is 0 Å². The zero-order chi connectivity index (χ0) is 28.1. The maximum absolute atomic E-state index is 4.78. The normalized spacial score (nSPS) is 12.2. The summed E-state index contributed by atoms with van der Waals surface area (Å²) in [7, 11) is 0. The summed E-state index contributed by atoms with van der Waals surface area (Å²) in [6.07, 6.45) is 3.99. The van der Waals surface area contributed by atoms with Gasteiger partial charge in [-0.15, -0.1) is 0 Å². The van der Waals surface area contributed by atoms with Gasteiger partial charge in [0.1, 0.15) is 5.65 Å². The van der Waals surface area contributed by atoms with Crippen molar-refractivity contribution in [3.8, 4) is 11.4 Å². The van der Waals surface area contributed by atoms with Crippen molar-refractivity contribution in [3.05, 3.63) is 146 Å². The van der Waals surface area contributed by atoms with Crippen LogP contribution in [0.2, 0.25) is 0 Å². The van der Waals surface area contributed by atoms with E-state index in [-0.39, 0.29) is 0 Å². The Morgan fingerprint density at radius 3 is 1.86 bits per heavy atom. The average Bonchev–Trinajstić information content (AvgIpc) is 3.78. The van der Waals surface area contributed by atoms with Gasteiger partial charge in [-0.2, -0.15) is 0 Å². The van der Waals surface area contributed by atoms with Crippen LogP contribution in [0.5, 0.6) is 0 Å². The number of fused-ring (bicyclic) bond motifs is 13. The van der Waals surface area contributed by atoms with Crippen LogP contribution < -0.4 is 0 Å². The topological polar surface area (TPSA) is 27.2 Å². The smallest absolute Gasteiger partial charge is 0.145 e. The maximum atomic E-state index is 4.78. The highest BCUT2D eigenvalue weighted by Crippen LogP contribution is 2.43. The number of para-hydroxylation sites is 3. The third kappa shape index (κ3) is 2.97. The fourth-order valence-electron chi connectivity index (χ4n) is 7.32. The minimum atomic E-state index is 0.984. The zero-order valence-electron chi connectivity index (χ0n) is 23.1. The molecule has 6 aromatic carbocycles. The summed E-state index contributed by atoms with van der Waals surface area (Å²) in [6.45, 7) is 0. The van der Waals surface area contributed by atoms with Crippen LogP contribution in [0.1, 0.15) is 0 Å². The van der Waals surface area contributed by atoms with Crippen molar-refractivity contribution in [2.24, 2.45) is 0 Å². The molecule has 0 N–H and O–H groups in total. The van der Waals surface area contributed by atoms with Crippen LogP contribution in [-0.2, 0) is 0 Å². The highest BCUT2D eigenvalue weighted by Gasteiger charge is 2.22. The van der Waals surface area contributed by atoms with E-state index in [1.54, 1.807) is 0 Å². The van der Waals surface area contributed by atoms with Gasteiger partial charge in [0.2, 0.25) is 0 Å². The van der Waals surface area contributed by atoms with Crippen LogP contribution in [0.25, 0.3) is 82.3 Å². The first kappa shape index (κ1) is 22.8. The Kier molecular flexibility index (Phi) is 4.42. The summed E-state index contributed by atoms with van der Waals surface area (Å²) in [5, 5.41) is 8.58. The number of pyridine rings is 1. The van der Waals surface area contributed by atoms with E-state index in [2.05, 4.69) is 153 Å². The molecule has 0 aliphatic heterocycles. The van der Waals surface area contributed by atoms with Crippen molar-refractivity contribution < 1.29 is 0 Å². The lowest BCUT2D eigenvalue weighted by atomic mass is 10.0. The first-order valence-electron chi connectivity index (χ1n) is 14.7. The minimum Gasteiger partial charge on any atom is -0.309 e. The highest BCUT2D eigenvalue weighted by molar-refractivity contribution is 6.28. The molecule has 0 spiro atoms. The molecule has 0 saturated carbocycles. The maximum Gasteiger partial charge on any atom is 0.145 e. The van der Waals surface area contributed by atoms with Crippen LogP contribution in [0.4, 0.5) is 0 Å². The van der Waals surface area contributed by atoms with Gasteiger partial charge in [0, 0.05) is 56.1 Å². The van der Waals surface area contributed by atoms with E-state index in [0.717, 1.165) is 27.9 Å². The molecule has 0 bridgehead atoms. The van der Waals surface area contributed by atoms with Crippen LogP contribution in [0.15, 0.2) is 146 Å². The van der Waals surface area contributed by atoms with Crippen molar-refractivity contribution in [1.29, 1.82) is 0 Å². The molecule has 0 fully saturated rings. The van der Waals surface area contributed by atoms with E-state index in [0.29, 0.717) is 0 Å². The van der Waals surface area contributed by atoms with Crippen LogP contribution in [0, 0.1) is 0 Å². The first-order valence-corrected chi connectivity index (χ1v) is 14.7. The second kappa shape index (κ2) is 8.34. The molecule has 10 aromatic rings. The fraction of sp³-hybridized carbons (Fsp3) is 0. The molecule has 0 radical (unpaired) electrons. The molecular weight excluding hydrogens is 524 g/mol. The lowest BCUT2D eigenvalue weighted by Crippen LogP contribution is -1.95. The monoisotopic (exact) mass is 548 g/mol. The molecule has 4 nitrogen and oxygen atoms in total. The van der Waals surface area contributed by atoms with Crippen molar-refractivity contribution in [2.45, 2.75) is 0 Å². The SMILES string of the molecule is c1ccc(-n2c3cc4c5ccccc5c5nccn5c4cc3c3c2ccc2c4ccccc4n(-c4ccccc4)c23)cc1. The molecule has 4 heterocycles. The van der Waals surface area contributed by atoms with Gasteiger partial charge in [0.05, 0.1) is 27.6 Å². The number of nitrogens with zero attached hydrogens (tertiary/aromatic N) is 4. The van der Waals surface area contributed by atoms with Gasteiger partial charge in [0.15, 0.2) is 0 Å². The second-order valence-corrected chi connectivity index (χ2v) is 11.3. The third-order valence-electron chi connectivity index (χ3n) is 9.07. The number of aromatic nitrogens is 4. The van der Waals surface area contributed by atoms with E-state index in [9.17, 15) is 0 Å². The Bertz CT molecular complexity index is 2710. The van der Waals surface area contributed by atoms with Gasteiger partial charge in [-0.3, -0.25) is 4.40 Å². The van der Waals surface area contributed by atoms with E-state index in [1.807, 2.05) is 6.20 Å². The summed E-state index contributed by atoms with van der Waals surface area (Å²) in [6, 6.07) is 48.3. The van der Waals surface area contributed by atoms with E-state index < -0.39 is 0 Å². The second-order valence-electron chi connectivity index (χ2n) is 11.3. The molecule has 0 aliphatic rings. The Hall–Kier alpha value is -5.87. The lowest BCUT2D eigenvalue weighted by molar-refractivity contribution is 1.17. The van der Waals surface area contributed by atoms with Crippen LogP contribution in [-0.4, -0.2) is 18.5 Å². The van der Waals surface area contributed by atoms with Crippen LogP contribution >= 0.6 is 0 Å². The van der Waals surface area contributed by atoms with Crippen molar-refractivity contribution in [1.82, 2.24) is 18.5 Å². The molecule has 0 saturated heterocycles. The Morgan fingerprint density at radius 2 is 1.07 bits per heavy atom. The van der Waals surface area contributed by atoms with E-state index in [4.69, 9.17) is 4.98 Å². The number of hydrogen-bond donors (Lipinski definition) is 0. The fourth-order valence-corrected chi connectivity index (χ4v) is 7.32. The molecule has 4 heteroatoms. The molecule has 0 amide bonds. The van der Waals surface area contributed by atoms with Gasteiger partial charge in [0.25, 0.3) is 0 Å². The number of hydrogen-bond acceptors (Lipinski definition) is 1. The molecule has 0 aliphatic carbocycles. The van der Waals surface area contributed by atoms with Gasteiger partial charge in [-0.1, -0.05) is 84.9 Å². The zero-order valence-corrected chi connectivity index (χ0v) is 23.1. The molecule has 43 heavy (non-hydrogen) atoms. The predicted octanol–water partition coefficient (Wildman–Crippen LogP) is 9.83. The Morgan fingerprint density at radius 1 is 0.419 bits per heavy atom. The molecule has 4 aromatic heterocycles. The number of benzene rings is 6. The summed E-state index contributed by atoms with van der Waals surface area (Å²) in [5.41, 5.74) is 9.27. The highest BCUT2D eigenvalue weighted by atomic mass is 15.0. The summed E-state index contributed by atoms with van der Waals surface area (Å²) in [4.78, 5) is 4.78. The quantitative estimate of drug-likeness (QED) is 0.198. The van der Waals surface area contributed by atoms with Gasteiger partial charge >= 0.3 is 0 Å². The number of imidazole rings is 1. The predicted molar refractivity (Wildman–Crippen MR) is 179 cm³/mol. The van der Waals surface area contributed by atoms with Crippen LogP contribution in [0.3, 0.4) is 0 Å². The largest absolute Gasteiger partial charge is 0.309 e. The number of rotatable bonds is 2. The van der Waals surface area contributed by atoms with Gasteiger partial charge in [-0.05, 0) is 53.9 Å². The lowest BCUT2D eigenvalue weighted by Gasteiger charge is -2.11. The third-order valence-corrected chi connectivity index (χ3v) is 9.07. The Labute approximate surface area is 246 Å². The van der Waals surface area contributed by atoms with Gasteiger partial charge in [-0.25, -0.2) is 4.98 Å². The van der Waals surface area contributed by atoms with Crippen molar-refractivity contribution in [2.75, 3.05) is 0 Å². The van der Waals surface area contributed by atoms with Gasteiger partial charge < -0.3 is 9.13 Å². The Balaban J connectivity index is 1.51. The standard InChI is InChI=1S/C39H24N4/c1-3-11-25(12-4-1)42-34-20-19-29-28-16-9-10-18-33(28)43(26-13-5-2-6-14-26)38(29)37(34)32-24-35-31(23-36(32)42)27-15-7-8-17-30(27)39-40-21-22-41(35)39/h1-24H. The molecule has 200 valence electrons. The van der Waals surface area contributed by atoms with Crippen molar-refractivity contribution in [3.63, 3.8) is 0 Å². The molecule has 0 unspecified atom stereocenters. The van der Waals surface area contributed by atoms with Crippen molar-refractivity contribution >= 4 is 70.9 Å². The van der Waals surface area contributed by atoms with E-state index in [1.165, 1.54) is 54.4 Å². The summed E-state index contributed by atoms with van der Waals surface area (Å²) >= 11 is 0. The average molecular weight is 549 g/mol. The minimum absolute atomic E-state index is 0.984. The molecule has 10 rings (SSSR count).